The van der Waals surface area contributed by atoms with Gasteiger partial charge in [0.1, 0.15) is 0 Å². The lowest BCUT2D eigenvalue weighted by Gasteiger charge is -2.06. The Balaban J connectivity index is 1.97. The molecule has 19 heavy (non-hydrogen) atoms. The van der Waals surface area contributed by atoms with Crippen molar-refractivity contribution in [3.05, 3.63) is 71.4 Å². The van der Waals surface area contributed by atoms with E-state index in [1.807, 2.05) is 18.2 Å². The Morgan fingerprint density at radius 3 is 2.58 bits per heavy atom. The van der Waals surface area contributed by atoms with Crippen LogP contribution in [0.1, 0.15) is 16.7 Å². The topological polar surface area (TPSA) is 28.7 Å². The number of hydrogen-bond acceptors (Lipinski definition) is 1. The second-order valence-corrected chi connectivity index (χ2v) is 4.81. The minimum absolute atomic E-state index is 0.709. The number of nitriles is 1. The lowest BCUT2D eigenvalue weighted by molar-refractivity contribution is 0.836. The quantitative estimate of drug-likeness (QED) is 0.674. The smallest absolute Gasteiger partial charge is 0.0991 e. The summed E-state index contributed by atoms with van der Waals surface area (Å²) in [6.07, 6.45) is 2.08. The molecule has 0 radical (unpaired) electrons. The molecule has 92 valence electrons. The van der Waals surface area contributed by atoms with Crippen LogP contribution in [-0.2, 0) is 6.54 Å². The largest absolute Gasteiger partial charge is 0.343 e. The normalized spacial score (nSPS) is 10.5. The summed E-state index contributed by atoms with van der Waals surface area (Å²) < 4.78 is 2.21. The van der Waals surface area contributed by atoms with Crippen molar-refractivity contribution in [3.63, 3.8) is 0 Å². The molecule has 0 saturated heterocycles. The van der Waals surface area contributed by atoms with Crippen molar-refractivity contribution in [1.29, 1.82) is 5.26 Å². The van der Waals surface area contributed by atoms with Crippen LogP contribution in [0.15, 0.2) is 54.7 Å². The standard InChI is InChI=1S/C17H14N2/c1-13-2-4-14(5-3-13)12-19-9-8-16-10-15(11-18)6-7-17(16)19/h2-10H,12H2,1H3. The molecule has 0 amide bonds. The van der Waals surface area contributed by atoms with Crippen LogP contribution in [0.3, 0.4) is 0 Å². The summed E-state index contributed by atoms with van der Waals surface area (Å²) in [7, 11) is 0. The summed E-state index contributed by atoms with van der Waals surface area (Å²) in [5.41, 5.74) is 4.44. The maximum Gasteiger partial charge on any atom is 0.0991 e. The second kappa shape index (κ2) is 4.62. The molecule has 0 unspecified atom stereocenters. The zero-order valence-corrected chi connectivity index (χ0v) is 10.8. The molecule has 0 N–H and O–H groups in total. The van der Waals surface area contributed by atoms with Gasteiger partial charge >= 0.3 is 0 Å². The molecule has 3 rings (SSSR count). The molecular formula is C17H14N2. The predicted octanol–water partition coefficient (Wildman–Crippen LogP) is 3.87. The van der Waals surface area contributed by atoms with E-state index in [0.717, 1.165) is 11.9 Å². The first kappa shape index (κ1) is 11.6. The molecule has 0 aliphatic heterocycles. The van der Waals surface area contributed by atoms with Gasteiger partial charge < -0.3 is 4.57 Å². The number of rotatable bonds is 2. The van der Waals surface area contributed by atoms with Crippen LogP contribution >= 0.6 is 0 Å². The van der Waals surface area contributed by atoms with Crippen molar-refractivity contribution in [1.82, 2.24) is 4.57 Å². The fourth-order valence-corrected chi connectivity index (χ4v) is 2.30. The van der Waals surface area contributed by atoms with Crippen LogP contribution in [0, 0.1) is 18.3 Å². The monoisotopic (exact) mass is 246 g/mol. The minimum Gasteiger partial charge on any atom is -0.343 e. The molecule has 0 aliphatic carbocycles. The van der Waals surface area contributed by atoms with Gasteiger partial charge in [0.25, 0.3) is 0 Å². The van der Waals surface area contributed by atoms with Crippen molar-refractivity contribution in [2.75, 3.05) is 0 Å². The SMILES string of the molecule is Cc1ccc(Cn2ccc3cc(C#N)ccc32)cc1. The van der Waals surface area contributed by atoms with Crippen molar-refractivity contribution in [2.45, 2.75) is 13.5 Å². The highest BCUT2D eigenvalue weighted by Crippen LogP contribution is 2.19. The number of aromatic nitrogens is 1. The maximum atomic E-state index is 8.91. The third-order valence-electron chi connectivity index (χ3n) is 3.37. The number of benzene rings is 2. The third kappa shape index (κ3) is 2.23. The van der Waals surface area contributed by atoms with E-state index in [9.17, 15) is 0 Å². The highest BCUT2D eigenvalue weighted by molar-refractivity contribution is 5.81. The number of hydrogen-bond donors (Lipinski definition) is 0. The predicted molar refractivity (Wildman–Crippen MR) is 76.9 cm³/mol. The Labute approximate surface area is 112 Å². The van der Waals surface area contributed by atoms with Gasteiger partial charge in [-0.15, -0.1) is 0 Å². The molecule has 1 heterocycles. The van der Waals surface area contributed by atoms with Gasteiger partial charge in [0, 0.05) is 23.6 Å². The third-order valence-corrected chi connectivity index (χ3v) is 3.37. The molecule has 2 heteroatoms. The van der Waals surface area contributed by atoms with Gasteiger partial charge in [-0.05, 0) is 36.8 Å². The zero-order valence-electron chi connectivity index (χ0n) is 10.8. The van der Waals surface area contributed by atoms with Gasteiger partial charge in [-0.2, -0.15) is 5.26 Å². The van der Waals surface area contributed by atoms with Crippen LogP contribution < -0.4 is 0 Å². The van der Waals surface area contributed by atoms with E-state index in [-0.39, 0.29) is 0 Å². The van der Waals surface area contributed by atoms with E-state index in [0.29, 0.717) is 5.56 Å². The van der Waals surface area contributed by atoms with Crippen LogP contribution in [0.4, 0.5) is 0 Å². The zero-order chi connectivity index (χ0) is 13.2. The Morgan fingerprint density at radius 1 is 1.05 bits per heavy atom. The molecule has 1 aromatic heterocycles. The van der Waals surface area contributed by atoms with Gasteiger partial charge in [-0.25, -0.2) is 0 Å². The van der Waals surface area contributed by atoms with Crippen LogP contribution in [0.5, 0.6) is 0 Å². The molecule has 0 atom stereocenters. The molecule has 2 aromatic carbocycles. The summed E-state index contributed by atoms with van der Waals surface area (Å²) in [4.78, 5) is 0. The first-order valence-corrected chi connectivity index (χ1v) is 6.31. The first-order chi connectivity index (χ1) is 9.26. The summed E-state index contributed by atoms with van der Waals surface area (Å²) in [6, 6.07) is 18.6. The molecule has 2 nitrogen and oxygen atoms in total. The van der Waals surface area contributed by atoms with E-state index >= 15 is 0 Å². The molecule has 0 aliphatic rings. The van der Waals surface area contributed by atoms with Gasteiger partial charge in [0.2, 0.25) is 0 Å². The lowest BCUT2D eigenvalue weighted by atomic mass is 10.1. The number of fused-ring (bicyclic) bond motifs is 1. The van der Waals surface area contributed by atoms with Crippen LogP contribution in [0.25, 0.3) is 10.9 Å². The highest BCUT2D eigenvalue weighted by Gasteiger charge is 2.02. The fraction of sp³-hybridized carbons (Fsp3) is 0.118. The molecule has 0 fully saturated rings. The Kier molecular flexibility index (Phi) is 2.81. The van der Waals surface area contributed by atoms with Crippen molar-refractivity contribution < 1.29 is 0 Å². The van der Waals surface area contributed by atoms with Crippen molar-refractivity contribution >= 4 is 10.9 Å². The van der Waals surface area contributed by atoms with Gasteiger partial charge in [0.05, 0.1) is 11.6 Å². The summed E-state index contributed by atoms with van der Waals surface area (Å²) in [5, 5.41) is 10.0. The van der Waals surface area contributed by atoms with Crippen molar-refractivity contribution in [2.24, 2.45) is 0 Å². The maximum absolute atomic E-state index is 8.91. The molecule has 0 saturated carbocycles. The van der Waals surface area contributed by atoms with Gasteiger partial charge in [-0.1, -0.05) is 29.8 Å². The molecule has 0 bridgehead atoms. The van der Waals surface area contributed by atoms with Gasteiger partial charge in [0.15, 0.2) is 0 Å². The molecule has 0 spiro atoms. The van der Waals surface area contributed by atoms with Crippen LogP contribution in [-0.4, -0.2) is 4.57 Å². The number of nitrogens with zero attached hydrogens (tertiary/aromatic N) is 2. The Morgan fingerprint density at radius 2 is 1.84 bits per heavy atom. The number of aryl methyl sites for hydroxylation is 1. The highest BCUT2D eigenvalue weighted by atomic mass is 14.9. The van der Waals surface area contributed by atoms with Gasteiger partial charge in [-0.3, -0.25) is 0 Å². The molecule has 3 aromatic rings. The van der Waals surface area contributed by atoms with E-state index in [2.05, 4.69) is 54.1 Å². The van der Waals surface area contributed by atoms with E-state index < -0.39 is 0 Å². The van der Waals surface area contributed by atoms with Crippen LogP contribution in [0.2, 0.25) is 0 Å². The lowest BCUT2D eigenvalue weighted by Crippen LogP contribution is -1.97. The molecular weight excluding hydrogens is 232 g/mol. The van der Waals surface area contributed by atoms with E-state index in [1.54, 1.807) is 0 Å². The Hall–Kier alpha value is -2.53. The fourth-order valence-electron chi connectivity index (χ4n) is 2.30. The average molecular weight is 246 g/mol. The Bertz CT molecular complexity index is 758. The van der Waals surface area contributed by atoms with E-state index in [1.165, 1.54) is 16.6 Å². The minimum atomic E-state index is 0.709. The average Bonchev–Trinajstić information content (AvgIpc) is 2.83. The summed E-state index contributed by atoms with van der Waals surface area (Å²) >= 11 is 0. The van der Waals surface area contributed by atoms with Crippen molar-refractivity contribution in [3.8, 4) is 6.07 Å². The summed E-state index contributed by atoms with van der Waals surface area (Å²) in [5.74, 6) is 0. The van der Waals surface area contributed by atoms with E-state index in [4.69, 9.17) is 5.26 Å². The first-order valence-electron chi connectivity index (χ1n) is 6.31. The second-order valence-electron chi connectivity index (χ2n) is 4.81. The summed E-state index contributed by atoms with van der Waals surface area (Å²) in [6.45, 7) is 2.95.